The lowest BCUT2D eigenvalue weighted by Crippen LogP contribution is -2.49. The molecule has 3 N–H and O–H groups in total. The van der Waals surface area contributed by atoms with Gasteiger partial charge in [0.1, 0.15) is 0 Å². The number of likely N-dealkylation sites (N-methyl/N-ethyl adjacent to an activating group) is 1. The fourth-order valence-electron chi connectivity index (χ4n) is 2.70. The summed E-state index contributed by atoms with van der Waals surface area (Å²) in [5.74, 6) is 2.01. The molecule has 0 spiro atoms. The zero-order valence-corrected chi connectivity index (χ0v) is 16.4. The fourth-order valence-corrected chi connectivity index (χ4v) is 2.70. The highest BCUT2D eigenvalue weighted by Gasteiger charge is 2.23. The Morgan fingerprint density at radius 1 is 1.35 bits per heavy atom. The van der Waals surface area contributed by atoms with E-state index in [0.717, 1.165) is 31.9 Å². The van der Waals surface area contributed by atoms with Gasteiger partial charge in [0.15, 0.2) is 11.8 Å². The van der Waals surface area contributed by atoms with Gasteiger partial charge in [-0.3, -0.25) is 14.7 Å². The quantitative estimate of drug-likeness (QED) is 0.507. The fraction of sp³-hybridized carbons (Fsp3) is 0.765. The molecule has 2 heterocycles. The van der Waals surface area contributed by atoms with E-state index in [4.69, 9.17) is 4.52 Å². The van der Waals surface area contributed by atoms with Crippen LogP contribution in [-0.4, -0.2) is 66.7 Å². The number of hydrogen-bond donors (Lipinski definition) is 3. The predicted octanol–water partition coefficient (Wildman–Crippen LogP) is 0.243. The van der Waals surface area contributed by atoms with Crippen LogP contribution in [-0.2, 0) is 16.8 Å². The number of carbonyl (C=O) groups is 1. The van der Waals surface area contributed by atoms with Gasteiger partial charge in [-0.25, -0.2) is 0 Å². The molecule has 1 saturated heterocycles. The van der Waals surface area contributed by atoms with E-state index in [-0.39, 0.29) is 11.3 Å². The number of nitrogens with zero attached hydrogens (tertiary/aromatic N) is 4. The van der Waals surface area contributed by atoms with Crippen molar-refractivity contribution in [1.29, 1.82) is 0 Å². The van der Waals surface area contributed by atoms with Gasteiger partial charge in [0.05, 0.1) is 13.1 Å². The van der Waals surface area contributed by atoms with E-state index < -0.39 is 0 Å². The van der Waals surface area contributed by atoms with E-state index in [2.05, 4.69) is 36.0 Å². The molecular formula is C17H31N7O2. The molecule has 9 nitrogen and oxygen atoms in total. The highest BCUT2D eigenvalue weighted by molar-refractivity contribution is 5.80. The molecule has 0 unspecified atom stereocenters. The number of guanidine groups is 1. The van der Waals surface area contributed by atoms with Crippen LogP contribution in [0.3, 0.4) is 0 Å². The van der Waals surface area contributed by atoms with E-state index in [1.807, 2.05) is 20.8 Å². The van der Waals surface area contributed by atoms with Gasteiger partial charge in [-0.05, 0) is 12.8 Å². The van der Waals surface area contributed by atoms with Gasteiger partial charge in [0, 0.05) is 38.6 Å². The van der Waals surface area contributed by atoms with Crippen LogP contribution in [0, 0.1) is 0 Å². The van der Waals surface area contributed by atoms with Crippen LogP contribution >= 0.6 is 0 Å². The Balaban J connectivity index is 1.76. The Morgan fingerprint density at radius 3 is 2.58 bits per heavy atom. The molecule has 0 radical (unpaired) electrons. The minimum atomic E-state index is -0.159. The summed E-state index contributed by atoms with van der Waals surface area (Å²) < 4.78 is 5.30. The van der Waals surface area contributed by atoms with Gasteiger partial charge >= 0.3 is 0 Å². The highest BCUT2D eigenvalue weighted by Crippen LogP contribution is 2.19. The van der Waals surface area contributed by atoms with Gasteiger partial charge in [0.2, 0.25) is 11.8 Å². The van der Waals surface area contributed by atoms with E-state index in [0.29, 0.717) is 30.8 Å². The second-order valence-corrected chi connectivity index (χ2v) is 7.56. The Bertz CT molecular complexity index is 613. The van der Waals surface area contributed by atoms with Gasteiger partial charge in [-0.15, -0.1) is 0 Å². The number of rotatable bonds is 5. The number of amides is 1. The minimum absolute atomic E-state index is 0.0589. The molecule has 9 heteroatoms. The molecule has 1 amide bonds. The highest BCUT2D eigenvalue weighted by atomic mass is 16.5. The molecule has 26 heavy (non-hydrogen) atoms. The van der Waals surface area contributed by atoms with E-state index in [1.165, 1.54) is 0 Å². The zero-order chi connectivity index (χ0) is 19.2. The van der Waals surface area contributed by atoms with Crippen LogP contribution in [0.4, 0.5) is 0 Å². The molecule has 2 rings (SSSR count). The van der Waals surface area contributed by atoms with Crippen molar-refractivity contribution in [2.45, 2.75) is 51.6 Å². The molecule has 0 bridgehead atoms. The maximum atomic E-state index is 11.5. The summed E-state index contributed by atoms with van der Waals surface area (Å²) in [6.45, 7) is 8.81. The lowest BCUT2D eigenvalue weighted by molar-refractivity contribution is -0.122. The third-order valence-corrected chi connectivity index (χ3v) is 4.32. The Kier molecular flexibility index (Phi) is 6.96. The summed E-state index contributed by atoms with van der Waals surface area (Å²) >= 11 is 0. The largest absolute Gasteiger partial charge is 0.358 e. The summed E-state index contributed by atoms with van der Waals surface area (Å²) in [5.41, 5.74) is -0.159. The average Bonchev–Trinajstić information content (AvgIpc) is 3.09. The van der Waals surface area contributed by atoms with Crippen molar-refractivity contribution in [1.82, 2.24) is 31.0 Å². The van der Waals surface area contributed by atoms with Crippen molar-refractivity contribution >= 4 is 11.9 Å². The third-order valence-electron chi connectivity index (χ3n) is 4.32. The van der Waals surface area contributed by atoms with Crippen molar-refractivity contribution < 1.29 is 9.32 Å². The van der Waals surface area contributed by atoms with Crippen LogP contribution in [0.5, 0.6) is 0 Å². The minimum Gasteiger partial charge on any atom is -0.358 e. The molecule has 1 aliphatic heterocycles. The summed E-state index contributed by atoms with van der Waals surface area (Å²) in [6, 6.07) is 0.331. The monoisotopic (exact) mass is 365 g/mol. The maximum absolute atomic E-state index is 11.5. The summed E-state index contributed by atoms with van der Waals surface area (Å²) in [4.78, 5) is 22.3. The number of nitrogens with one attached hydrogen (secondary N) is 3. The van der Waals surface area contributed by atoms with Crippen LogP contribution < -0.4 is 16.0 Å². The zero-order valence-electron chi connectivity index (χ0n) is 16.4. The van der Waals surface area contributed by atoms with E-state index >= 15 is 0 Å². The van der Waals surface area contributed by atoms with Gasteiger partial charge in [-0.1, -0.05) is 25.9 Å². The third kappa shape index (κ3) is 5.98. The first-order chi connectivity index (χ1) is 12.3. The summed E-state index contributed by atoms with van der Waals surface area (Å²) in [5, 5.41) is 13.3. The smallest absolute Gasteiger partial charge is 0.233 e. The Morgan fingerprint density at radius 2 is 2.04 bits per heavy atom. The van der Waals surface area contributed by atoms with E-state index in [9.17, 15) is 4.79 Å². The van der Waals surface area contributed by atoms with Crippen molar-refractivity contribution in [3.8, 4) is 0 Å². The van der Waals surface area contributed by atoms with Crippen LogP contribution in [0.1, 0.15) is 45.3 Å². The number of hydrogen-bond acceptors (Lipinski definition) is 6. The number of carbonyl (C=O) groups excluding carboxylic acids is 1. The molecule has 0 aromatic carbocycles. The molecule has 1 aromatic rings. The maximum Gasteiger partial charge on any atom is 0.233 e. The molecule has 1 fully saturated rings. The molecule has 0 atom stereocenters. The van der Waals surface area contributed by atoms with Crippen molar-refractivity contribution in [3.05, 3.63) is 11.7 Å². The topological polar surface area (TPSA) is 108 Å². The first-order valence-corrected chi connectivity index (χ1v) is 9.05. The lowest BCUT2D eigenvalue weighted by atomic mass is 9.97. The van der Waals surface area contributed by atoms with Crippen molar-refractivity contribution in [2.75, 3.05) is 33.7 Å². The Hall–Kier alpha value is -2.16. The van der Waals surface area contributed by atoms with Gasteiger partial charge in [-0.2, -0.15) is 4.98 Å². The van der Waals surface area contributed by atoms with Crippen molar-refractivity contribution in [2.24, 2.45) is 4.99 Å². The second-order valence-electron chi connectivity index (χ2n) is 7.56. The normalized spacial score (nSPS) is 17.2. The number of aromatic nitrogens is 2. The van der Waals surface area contributed by atoms with E-state index in [1.54, 1.807) is 14.1 Å². The number of likely N-dealkylation sites (tertiary alicyclic amines) is 1. The Labute approximate surface area is 155 Å². The number of piperidine rings is 1. The second kappa shape index (κ2) is 8.98. The van der Waals surface area contributed by atoms with Crippen LogP contribution in [0.15, 0.2) is 9.52 Å². The van der Waals surface area contributed by atoms with Crippen LogP contribution in [0.25, 0.3) is 0 Å². The summed E-state index contributed by atoms with van der Waals surface area (Å²) in [7, 11) is 3.41. The lowest BCUT2D eigenvalue weighted by Gasteiger charge is -2.32. The first kappa shape index (κ1) is 20.2. The first-order valence-electron chi connectivity index (χ1n) is 9.05. The molecule has 0 aliphatic carbocycles. The number of aliphatic imine (C=N–C) groups is 1. The average molecular weight is 365 g/mol. The molecule has 0 saturated carbocycles. The molecule has 1 aliphatic rings. The molecule has 1 aromatic heterocycles. The van der Waals surface area contributed by atoms with Crippen LogP contribution in [0.2, 0.25) is 0 Å². The molecule has 146 valence electrons. The standard InChI is InChI=1S/C17H31N7O2/c1-17(2,3)15-22-13(23-26-15)10-20-16(19-5)21-12-6-8-24(9-7-12)11-14(25)18-4/h12H,6-11H2,1-5H3,(H,18,25)(H2,19,20,21). The predicted molar refractivity (Wildman–Crippen MR) is 99.9 cm³/mol. The SMILES string of the molecule is CN=C(NCc1noc(C(C)(C)C)n1)NC1CCN(CC(=O)NC)CC1. The molecular weight excluding hydrogens is 334 g/mol. The van der Waals surface area contributed by atoms with Crippen molar-refractivity contribution in [3.63, 3.8) is 0 Å². The van der Waals surface area contributed by atoms with Gasteiger partial charge in [0.25, 0.3) is 0 Å². The van der Waals surface area contributed by atoms with Gasteiger partial charge < -0.3 is 20.5 Å². The summed E-state index contributed by atoms with van der Waals surface area (Å²) in [6.07, 6.45) is 1.93.